The summed E-state index contributed by atoms with van der Waals surface area (Å²) in [6.45, 7) is 0. The largest absolute Gasteiger partial charge is 0.493 e. The normalized spacial score (nSPS) is 10.6. The van der Waals surface area contributed by atoms with Crippen LogP contribution in [0.5, 0.6) is 5.75 Å². The molecule has 0 radical (unpaired) electrons. The molecule has 2 aromatic rings. The lowest BCUT2D eigenvalue weighted by Crippen LogP contribution is -1.99. The van der Waals surface area contributed by atoms with Crippen LogP contribution >= 0.6 is 11.6 Å². The quantitative estimate of drug-likeness (QED) is 0.897. The van der Waals surface area contributed by atoms with Gasteiger partial charge in [-0.05, 0) is 12.1 Å². The molecular weight excluding hydrogens is 245 g/mol. The average Bonchev–Trinajstić information content (AvgIpc) is 2.64. The van der Waals surface area contributed by atoms with E-state index in [9.17, 15) is 4.39 Å². The summed E-state index contributed by atoms with van der Waals surface area (Å²) in [5.41, 5.74) is 6.97. The van der Waals surface area contributed by atoms with E-state index in [1.807, 2.05) is 0 Å². The smallest absolute Gasteiger partial charge is 0.184 e. The van der Waals surface area contributed by atoms with Crippen molar-refractivity contribution in [3.05, 3.63) is 29.2 Å². The van der Waals surface area contributed by atoms with Gasteiger partial charge in [-0.15, -0.1) is 0 Å². The van der Waals surface area contributed by atoms with Gasteiger partial charge in [-0.2, -0.15) is 5.10 Å². The first kappa shape index (κ1) is 11.7. The van der Waals surface area contributed by atoms with Gasteiger partial charge in [-0.3, -0.25) is 4.68 Å². The van der Waals surface area contributed by atoms with E-state index in [0.29, 0.717) is 16.9 Å². The summed E-state index contributed by atoms with van der Waals surface area (Å²) in [6, 6.07) is 3.11. The number of methoxy groups -OCH3 is 1. The van der Waals surface area contributed by atoms with Crippen molar-refractivity contribution in [2.24, 2.45) is 7.05 Å². The lowest BCUT2D eigenvalue weighted by molar-refractivity contribution is 0.388. The molecule has 0 bridgehead atoms. The monoisotopic (exact) mass is 255 g/mol. The van der Waals surface area contributed by atoms with Gasteiger partial charge >= 0.3 is 0 Å². The van der Waals surface area contributed by atoms with Crippen LogP contribution in [0.2, 0.25) is 5.02 Å². The minimum absolute atomic E-state index is 0.00746. The molecule has 0 saturated carbocycles. The lowest BCUT2D eigenvalue weighted by Gasteiger charge is -2.09. The van der Waals surface area contributed by atoms with Gasteiger partial charge in [0, 0.05) is 18.2 Å². The maximum atomic E-state index is 13.8. The molecule has 0 saturated heterocycles. The predicted octanol–water partition coefficient (Wildman–Crippen LogP) is 2.47. The molecule has 0 aliphatic carbocycles. The number of nitrogens with two attached hydrogens (primary N) is 1. The van der Waals surface area contributed by atoms with Crippen LogP contribution < -0.4 is 10.5 Å². The minimum atomic E-state index is -0.602. The number of halogens is 2. The molecule has 2 rings (SSSR count). The fourth-order valence-electron chi connectivity index (χ4n) is 1.60. The maximum absolute atomic E-state index is 13.8. The van der Waals surface area contributed by atoms with Crippen molar-refractivity contribution >= 4 is 17.4 Å². The first-order chi connectivity index (χ1) is 8.06. The van der Waals surface area contributed by atoms with E-state index in [1.54, 1.807) is 19.3 Å². The molecule has 0 aliphatic heterocycles. The Balaban J connectivity index is 2.68. The van der Waals surface area contributed by atoms with Gasteiger partial charge in [0.1, 0.15) is 5.82 Å². The Bertz CT molecular complexity index is 568. The molecule has 0 aliphatic rings. The summed E-state index contributed by atoms with van der Waals surface area (Å²) in [4.78, 5) is 0. The Morgan fingerprint density at radius 1 is 1.41 bits per heavy atom. The van der Waals surface area contributed by atoms with Crippen LogP contribution in [0.1, 0.15) is 0 Å². The van der Waals surface area contributed by atoms with E-state index in [-0.39, 0.29) is 10.8 Å². The number of aryl methyl sites for hydroxylation is 1. The molecule has 0 fully saturated rings. The minimum Gasteiger partial charge on any atom is -0.493 e. The second-order valence-electron chi connectivity index (χ2n) is 3.51. The number of rotatable bonds is 2. The molecule has 1 aromatic heterocycles. The highest BCUT2D eigenvalue weighted by Crippen LogP contribution is 2.37. The number of anilines is 1. The fourth-order valence-corrected chi connectivity index (χ4v) is 1.75. The third kappa shape index (κ3) is 1.82. The number of ether oxygens (including phenoxy) is 1. The van der Waals surface area contributed by atoms with Gasteiger partial charge in [-0.25, -0.2) is 4.39 Å². The number of nitrogen functional groups attached to an aromatic ring is 1. The molecular formula is C11H11ClFN3O. The van der Waals surface area contributed by atoms with E-state index >= 15 is 0 Å². The Morgan fingerprint density at radius 3 is 2.65 bits per heavy atom. The van der Waals surface area contributed by atoms with Crippen LogP contribution in [0.3, 0.4) is 0 Å². The van der Waals surface area contributed by atoms with Crippen LogP contribution in [-0.4, -0.2) is 16.9 Å². The Kier molecular flexibility index (Phi) is 2.93. The number of aromatic nitrogens is 2. The summed E-state index contributed by atoms with van der Waals surface area (Å²) in [6.07, 6.45) is 1.56. The summed E-state index contributed by atoms with van der Waals surface area (Å²) in [7, 11) is 3.09. The highest BCUT2D eigenvalue weighted by molar-refractivity contribution is 6.31. The molecule has 0 unspecified atom stereocenters. The molecule has 2 N–H and O–H groups in total. The highest BCUT2D eigenvalue weighted by atomic mass is 35.5. The van der Waals surface area contributed by atoms with E-state index in [1.165, 1.54) is 17.9 Å². The molecule has 17 heavy (non-hydrogen) atoms. The molecule has 0 atom stereocenters. The third-order valence-electron chi connectivity index (χ3n) is 2.53. The van der Waals surface area contributed by atoms with E-state index in [0.717, 1.165) is 0 Å². The zero-order chi connectivity index (χ0) is 12.6. The van der Waals surface area contributed by atoms with Crippen molar-refractivity contribution < 1.29 is 9.13 Å². The number of benzene rings is 1. The van der Waals surface area contributed by atoms with Gasteiger partial charge in [0.15, 0.2) is 11.6 Å². The maximum Gasteiger partial charge on any atom is 0.184 e. The van der Waals surface area contributed by atoms with Crippen molar-refractivity contribution in [2.45, 2.75) is 0 Å². The molecule has 1 heterocycles. The van der Waals surface area contributed by atoms with Crippen LogP contribution in [0, 0.1) is 5.82 Å². The molecule has 1 aromatic carbocycles. The summed E-state index contributed by atoms with van der Waals surface area (Å²) in [5.74, 6) is -0.0999. The van der Waals surface area contributed by atoms with Gasteiger partial charge in [0.05, 0.1) is 18.3 Å². The predicted molar refractivity (Wildman–Crippen MR) is 64.6 cm³/mol. The number of hydrogen-bond acceptors (Lipinski definition) is 3. The summed E-state index contributed by atoms with van der Waals surface area (Å²) >= 11 is 5.69. The topological polar surface area (TPSA) is 53.1 Å². The SMILES string of the molecule is COc1c(-c2cnn(C)c2N)ccc(Cl)c1F. The fraction of sp³-hybridized carbons (Fsp3) is 0.182. The van der Waals surface area contributed by atoms with Crippen molar-refractivity contribution in [3.8, 4) is 16.9 Å². The van der Waals surface area contributed by atoms with Crippen molar-refractivity contribution in [1.29, 1.82) is 0 Å². The van der Waals surface area contributed by atoms with E-state index in [2.05, 4.69) is 5.10 Å². The molecule has 0 spiro atoms. The van der Waals surface area contributed by atoms with Gasteiger partial charge in [-0.1, -0.05) is 11.6 Å². The summed E-state index contributed by atoms with van der Waals surface area (Å²) in [5, 5.41) is 4.01. The van der Waals surface area contributed by atoms with Gasteiger partial charge in [0.2, 0.25) is 0 Å². The van der Waals surface area contributed by atoms with Crippen LogP contribution in [0.15, 0.2) is 18.3 Å². The molecule has 90 valence electrons. The highest BCUT2D eigenvalue weighted by Gasteiger charge is 2.17. The Hall–Kier alpha value is -1.75. The first-order valence-electron chi connectivity index (χ1n) is 4.86. The Labute approximate surface area is 103 Å². The Morgan fingerprint density at radius 2 is 2.12 bits per heavy atom. The van der Waals surface area contributed by atoms with E-state index in [4.69, 9.17) is 22.1 Å². The molecule has 4 nitrogen and oxygen atoms in total. The number of hydrogen-bond donors (Lipinski definition) is 1. The van der Waals surface area contributed by atoms with Gasteiger partial charge < -0.3 is 10.5 Å². The number of nitrogens with zero attached hydrogens (tertiary/aromatic N) is 2. The van der Waals surface area contributed by atoms with Gasteiger partial charge in [0.25, 0.3) is 0 Å². The summed E-state index contributed by atoms with van der Waals surface area (Å²) < 4.78 is 20.3. The first-order valence-corrected chi connectivity index (χ1v) is 5.24. The molecule has 6 heteroatoms. The van der Waals surface area contributed by atoms with Crippen LogP contribution in [0.4, 0.5) is 10.2 Å². The third-order valence-corrected chi connectivity index (χ3v) is 2.82. The van der Waals surface area contributed by atoms with E-state index < -0.39 is 5.82 Å². The molecule has 0 amide bonds. The van der Waals surface area contributed by atoms with Crippen molar-refractivity contribution in [3.63, 3.8) is 0 Å². The zero-order valence-corrected chi connectivity index (χ0v) is 10.1. The van der Waals surface area contributed by atoms with Crippen LogP contribution in [-0.2, 0) is 7.05 Å². The second kappa shape index (κ2) is 4.25. The lowest BCUT2D eigenvalue weighted by atomic mass is 10.1. The zero-order valence-electron chi connectivity index (χ0n) is 9.37. The average molecular weight is 256 g/mol. The van der Waals surface area contributed by atoms with Crippen molar-refractivity contribution in [1.82, 2.24) is 9.78 Å². The van der Waals surface area contributed by atoms with Crippen LogP contribution in [0.25, 0.3) is 11.1 Å². The van der Waals surface area contributed by atoms with Crippen molar-refractivity contribution in [2.75, 3.05) is 12.8 Å². The standard InChI is InChI=1S/C11H11ClFN3O/c1-16-11(14)7(5-15-16)6-3-4-8(12)9(13)10(6)17-2/h3-5H,14H2,1-2H3. The second-order valence-corrected chi connectivity index (χ2v) is 3.92.